The van der Waals surface area contributed by atoms with Crippen LogP contribution in [0.15, 0.2) is 41.1 Å². The van der Waals surface area contributed by atoms with E-state index in [1.165, 1.54) is 6.26 Å². The molecule has 2 aromatic rings. The van der Waals surface area contributed by atoms with Crippen LogP contribution in [0.1, 0.15) is 37.3 Å². The van der Waals surface area contributed by atoms with Crippen LogP contribution in [0.2, 0.25) is 5.02 Å². The number of nitrogens with zero attached hydrogens (tertiary/aromatic N) is 2. The second kappa shape index (κ2) is 6.83. The van der Waals surface area contributed by atoms with Gasteiger partial charge in [0.15, 0.2) is 5.82 Å². The van der Waals surface area contributed by atoms with Crippen molar-refractivity contribution in [2.24, 2.45) is 0 Å². The Hall–Kier alpha value is -2.01. The summed E-state index contributed by atoms with van der Waals surface area (Å²) in [5, 5.41) is 7.22. The largest absolute Gasteiger partial charge is 0.363 e. The summed E-state index contributed by atoms with van der Waals surface area (Å²) >= 11 is 5.97. The van der Waals surface area contributed by atoms with Gasteiger partial charge in [-0.05, 0) is 30.5 Å². The summed E-state index contributed by atoms with van der Waals surface area (Å²) in [5.41, 5.74) is 1.11. The van der Waals surface area contributed by atoms with Gasteiger partial charge < -0.3 is 9.42 Å². The Bertz CT molecular complexity index is 613. The van der Waals surface area contributed by atoms with Crippen molar-refractivity contribution >= 4 is 23.4 Å². The van der Waals surface area contributed by atoms with Gasteiger partial charge in [-0.3, -0.25) is 5.32 Å². The molecule has 0 bridgehead atoms. The third-order valence-corrected chi connectivity index (χ3v) is 4.19. The highest BCUT2D eigenvalue weighted by molar-refractivity contribution is 6.30. The average Bonchev–Trinajstić information content (AvgIpc) is 2.90. The molecule has 1 aliphatic rings. The Morgan fingerprint density at radius 2 is 2.05 bits per heavy atom. The maximum Gasteiger partial charge on any atom is 0.323 e. The number of halogens is 1. The lowest BCUT2D eigenvalue weighted by Crippen LogP contribution is -2.38. The fourth-order valence-electron chi connectivity index (χ4n) is 2.84. The number of benzene rings is 1. The van der Waals surface area contributed by atoms with Crippen molar-refractivity contribution in [1.82, 2.24) is 10.1 Å². The van der Waals surface area contributed by atoms with E-state index in [1.54, 1.807) is 6.07 Å². The van der Waals surface area contributed by atoms with Crippen molar-refractivity contribution in [3.05, 3.63) is 47.2 Å². The van der Waals surface area contributed by atoms with E-state index < -0.39 is 0 Å². The van der Waals surface area contributed by atoms with Crippen LogP contribution in [-0.4, -0.2) is 22.6 Å². The molecule has 6 heteroatoms. The van der Waals surface area contributed by atoms with Crippen molar-refractivity contribution in [3.8, 4) is 0 Å². The highest BCUT2D eigenvalue weighted by Gasteiger charge is 2.27. The Labute approximate surface area is 134 Å². The zero-order valence-corrected chi connectivity index (χ0v) is 12.9. The number of hydrogen-bond acceptors (Lipinski definition) is 3. The summed E-state index contributed by atoms with van der Waals surface area (Å²) < 4.78 is 4.75. The summed E-state index contributed by atoms with van der Waals surface area (Å²) in [5.74, 6) is 0.434. The van der Waals surface area contributed by atoms with Gasteiger partial charge >= 0.3 is 6.03 Å². The molecule has 1 saturated heterocycles. The van der Waals surface area contributed by atoms with E-state index in [-0.39, 0.29) is 12.1 Å². The van der Waals surface area contributed by atoms with E-state index in [0.29, 0.717) is 10.8 Å². The van der Waals surface area contributed by atoms with Crippen LogP contribution in [-0.2, 0) is 0 Å². The molecule has 0 aliphatic carbocycles. The third-order valence-electron chi connectivity index (χ3n) is 3.94. The van der Waals surface area contributed by atoms with Gasteiger partial charge in [0.1, 0.15) is 6.26 Å². The lowest BCUT2D eigenvalue weighted by atomic mass is 10.0. The van der Waals surface area contributed by atoms with Gasteiger partial charge in [-0.15, -0.1) is 0 Å². The van der Waals surface area contributed by atoms with E-state index in [1.807, 2.05) is 29.2 Å². The number of aromatic nitrogens is 1. The minimum atomic E-state index is -0.143. The molecule has 1 aliphatic heterocycles. The number of anilines is 1. The Kier molecular flexibility index (Phi) is 4.63. The van der Waals surface area contributed by atoms with Gasteiger partial charge in [-0.1, -0.05) is 41.7 Å². The molecule has 0 saturated carbocycles. The van der Waals surface area contributed by atoms with Crippen LogP contribution in [0.3, 0.4) is 0 Å². The highest BCUT2D eigenvalue weighted by atomic mass is 35.5. The molecule has 116 valence electrons. The SMILES string of the molecule is O=C(Nc1ccon1)N1CCCCCC1c1ccc(Cl)cc1. The standard InChI is InChI=1S/C16H18ClN3O2/c17-13-7-5-12(6-8-13)14-4-2-1-3-10-20(14)16(21)18-15-9-11-22-19-15/h5-9,11,14H,1-4,10H2,(H,18,19,21). The van der Waals surface area contributed by atoms with Gasteiger partial charge in [0, 0.05) is 17.6 Å². The monoisotopic (exact) mass is 319 g/mol. The lowest BCUT2D eigenvalue weighted by molar-refractivity contribution is 0.189. The molecule has 1 N–H and O–H groups in total. The summed E-state index contributed by atoms with van der Waals surface area (Å²) in [6.45, 7) is 0.733. The van der Waals surface area contributed by atoms with Crippen LogP contribution in [0, 0.1) is 0 Å². The van der Waals surface area contributed by atoms with Crippen LogP contribution < -0.4 is 5.32 Å². The second-order valence-electron chi connectivity index (χ2n) is 5.42. The maximum absolute atomic E-state index is 12.6. The molecule has 1 fully saturated rings. The van der Waals surface area contributed by atoms with E-state index >= 15 is 0 Å². The number of likely N-dealkylation sites (tertiary alicyclic amines) is 1. The van der Waals surface area contributed by atoms with Gasteiger partial charge in [0.25, 0.3) is 0 Å². The highest BCUT2D eigenvalue weighted by Crippen LogP contribution is 2.31. The van der Waals surface area contributed by atoms with E-state index in [9.17, 15) is 4.79 Å². The normalized spacial score (nSPS) is 18.8. The Morgan fingerprint density at radius 1 is 1.23 bits per heavy atom. The van der Waals surface area contributed by atoms with Crippen molar-refractivity contribution in [2.75, 3.05) is 11.9 Å². The second-order valence-corrected chi connectivity index (χ2v) is 5.86. The van der Waals surface area contributed by atoms with Crippen LogP contribution in [0.5, 0.6) is 0 Å². The summed E-state index contributed by atoms with van der Waals surface area (Å²) in [4.78, 5) is 14.5. The van der Waals surface area contributed by atoms with Gasteiger partial charge in [0.2, 0.25) is 0 Å². The third kappa shape index (κ3) is 3.42. The Morgan fingerprint density at radius 3 is 2.77 bits per heavy atom. The van der Waals surface area contributed by atoms with E-state index in [4.69, 9.17) is 16.1 Å². The number of nitrogens with one attached hydrogen (secondary N) is 1. The predicted octanol–water partition coefficient (Wildman–Crippen LogP) is 4.48. The fourth-order valence-corrected chi connectivity index (χ4v) is 2.97. The van der Waals surface area contributed by atoms with Crippen molar-refractivity contribution in [3.63, 3.8) is 0 Å². The van der Waals surface area contributed by atoms with Gasteiger partial charge in [-0.25, -0.2) is 4.79 Å². The van der Waals surface area contributed by atoms with Crippen LogP contribution >= 0.6 is 11.6 Å². The minimum Gasteiger partial charge on any atom is -0.363 e. The van der Waals surface area contributed by atoms with Crippen molar-refractivity contribution < 1.29 is 9.32 Å². The van der Waals surface area contributed by atoms with Gasteiger partial charge in [0.05, 0.1) is 6.04 Å². The molecule has 1 unspecified atom stereocenters. The smallest absolute Gasteiger partial charge is 0.323 e. The number of amides is 2. The van der Waals surface area contributed by atoms with E-state index in [2.05, 4.69) is 10.5 Å². The zero-order valence-electron chi connectivity index (χ0n) is 12.2. The van der Waals surface area contributed by atoms with Gasteiger partial charge in [-0.2, -0.15) is 0 Å². The predicted molar refractivity (Wildman–Crippen MR) is 84.9 cm³/mol. The van der Waals surface area contributed by atoms with Crippen LogP contribution in [0.4, 0.5) is 10.6 Å². The number of carbonyl (C=O) groups excluding carboxylic acids is 1. The van der Waals surface area contributed by atoms with Crippen LogP contribution in [0.25, 0.3) is 0 Å². The minimum absolute atomic E-state index is 0.0617. The first-order valence-corrected chi connectivity index (χ1v) is 7.85. The summed E-state index contributed by atoms with van der Waals surface area (Å²) in [7, 11) is 0. The number of hydrogen-bond donors (Lipinski definition) is 1. The zero-order chi connectivity index (χ0) is 15.4. The molecule has 1 aromatic heterocycles. The topological polar surface area (TPSA) is 58.4 Å². The lowest BCUT2D eigenvalue weighted by Gasteiger charge is -2.30. The molecule has 2 amide bonds. The quantitative estimate of drug-likeness (QED) is 0.888. The number of rotatable bonds is 2. The fraction of sp³-hybridized carbons (Fsp3) is 0.375. The molecule has 22 heavy (non-hydrogen) atoms. The molecule has 3 rings (SSSR count). The molecule has 1 aromatic carbocycles. The molecule has 5 nitrogen and oxygen atoms in total. The summed E-state index contributed by atoms with van der Waals surface area (Å²) in [6, 6.07) is 9.28. The molecular formula is C16H18ClN3O2. The Balaban J connectivity index is 1.81. The first-order valence-electron chi connectivity index (χ1n) is 7.47. The molecule has 0 spiro atoms. The van der Waals surface area contributed by atoms with Crippen molar-refractivity contribution in [1.29, 1.82) is 0 Å². The molecule has 1 atom stereocenters. The van der Waals surface area contributed by atoms with Crippen molar-refractivity contribution in [2.45, 2.75) is 31.7 Å². The summed E-state index contributed by atoms with van der Waals surface area (Å²) in [6.07, 6.45) is 5.65. The number of carbonyl (C=O) groups is 1. The molecule has 0 radical (unpaired) electrons. The first kappa shape index (κ1) is 14.9. The molecular weight excluding hydrogens is 302 g/mol. The number of urea groups is 1. The maximum atomic E-state index is 12.6. The molecule has 2 heterocycles. The van der Waals surface area contributed by atoms with E-state index in [0.717, 1.165) is 37.8 Å². The first-order chi connectivity index (χ1) is 10.7. The average molecular weight is 320 g/mol.